The second-order valence-corrected chi connectivity index (χ2v) is 4.37. The summed E-state index contributed by atoms with van der Waals surface area (Å²) in [7, 11) is 0. The largest absolute Gasteiger partial charge is 0.480 e. The summed E-state index contributed by atoms with van der Waals surface area (Å²) >= 11 is 0. The average Bonchev–Trinajstić information content (AvgIpc) is 2.42. The van der Waals surface area contributed by atoms with Crippen LogP contribution in [0.25, 0.3) is 0 Å². The minimum Gasteiger partial charge on any atom is -0.480 e. The fourth-order valence-corrected chi connectivity index (χ4v) is 1.70. The molecule has 0 saturated carbocycles. The van der Waals surface area contributed by atoms with Gasteiger partial charge in [-0.15, -0.1) is 0 Å². The Balaban J connectivity index is 0.00000191. The lowest BCUT2D eigenvalue weighted by Crippen LogP contribution is -2.46. The standard InChI is InChI=1S/C13H14F2O4.C2H6/c1-8-2-4-9(5-3-8)6-7-13(10(14)15,11(16)17)12(18)19;1-2/h2-5,10H,6-7H2,1H3,(H,16,17)(H,18,19);1-2H3. The van der Waals surface area contributed by atoms with E-state index in [9.17, 15) is 18.4 Å². The van der Waals surface area contributed by atoms with Crippen molar-refractivity contribution < 1.29 is 28.6 Å². The Bertz CT molecular complexity index is 455. The van der Waals surface area contributed by atoms with Gasteiger partial charge in [0.15, 0.2) is 0 Å². The molecular formula is C15H20F2O4. The number of aryl methyl sites for hydroxylation is 2. The van der Waals surface area contributed by atoms with E-state index in [1.807, 2.05) is 20.8 Å². The van der Waals surface area contributed by atoms with Crippen molar-refractivity contribution in [2.45, 2.75) is 40.0 Å². The van der Waals surface area contributed by atoms with E-state index >= 15 is 0 Å². The van der Waals surface area contributed by atoms with Crippen LogP contribution in [0.15, 0.2) is 24.3 Å². The Morgan fingerprint density at radius 2 is 1.52 bits per heavy atom. The maximum atomic E-state index is 12.9. The van der Waals surface area contributed by atoms with Crippen LogP contribution in [0, 0.1) is 12.3 Å². The van der Waals surface area contributed by atoms with Gasteiger partial charge in [0.2, 0.25) is 5.41 Å². The number of hydrogen-bond acceptors (Lipinski definition) is 2. The van der Waals surface area contributed by atoms with Gasteiger partial charge in [-0.25, -0.2) is 8.78 Å². The molecule has 6 heteroatoms. The van der Waals surface area contributed by atoms with E-state index in [2.05, 4.69) is 0 Å². The molecule has 0 unspecified atom stereocenters. The van der Waals surface area contributed by atoms with E-state index < -0.39 is 30.2 Å². The van der Waals surface area contributed by atoms with Crippen molar-refractivity contribution >= 4 is 11.9 Å². The summed E-state index contributed by atoms with van der Waals surface area (Å²) < 4.78 is 25.7. The SMILES string of the molecule is CC.Cc1ccc(CCC(C(=O)O)(C(=O)O)C(F)F)cc1. The molecule has 0 atom stereocenters. The predicted molar refractivity (Wildman–Crippen MR) is 74.6 cm³/mol. The normalized spacial score (nSPS) is 10.8. The average molecular weight is 302 g/mol. The van der Waals surface area contributed by atoms with Gasteiger partial charge in [0.25, 0.3) is 6.43 Å². The van der Waals surface area contributed by atoms with Gasteiger partial charge in [-0.2, -0.15) is 0 Å². The molecule has 0 heterocycles. The molecule has 1 rings (SSSR count). The molecule has 0 radical (unpaired) electrons. The molecule has 1 aromatic carbocycles. The number of carbonyl (C=O) groups is 2. The Morgan fingerprint density at radius 1 is 1.10 bits per heavy atom. The third kappa shape index (κ3) is 4.51. The minimum atomic E-state index is -3.46. The number of carboxylic acid groups (broad SMARTS) is 2. The van der Waals surface area contributed by atoms with Crippen molar-refractivity contribution in [2.24, 2.45) is 5.41 Å². The molecule has 0 bridgehead atoms. The second kappa shape index (κ2) is 8.34. The second-order valence-electron chi connectivity index (χ2n) is 4.37. The smallest absolute Gasteiger partial charge is 0.327 e. The van der Waals surface area contributed by atoms with Crippen molar-refractivity contribution in [3.8, 4) is 0 Å². The van der Waals surface area contributed by atoms with Crippen LogP contribution in [0.3, 0.4) is 0 Å². The highest BCUT2D eigenvalue weighted by atomic mass is 19.3. The van der Waals surface area contributed by atoms with Crippen molar-refractivity contribution in [2.75, 3.05) is 0 Å². The van der Waals surface area contributed by atoms with Crippen molar-refractivity contribution in [1.29, 1.82) is 0 Å². The van der Waals surface area contributed by atoms with Crippen LogP contribution in [-0.2, 0) is 16.0 Å². The molecule has 0 spiro atoms. The minimum absolute atomic E-state index is 0.0385. The quantitative estimate of drug-likeness (QED) is 0.790. The Morgan fingerprint density at radius 3 is 1.86 bits per heavy atom. The molecule has 0 aromatic heterocycles. The zero-order valence-electron chi connectivity index (χ0n) is 12.3. The van der Waals surface area contributed by atoms with Gasteiger partial charge < -0.3 is 10.2 Å². The molecule has 0 saturated heterocycles. The summed E-state index contributed by atoms with van der Waals surface area (Å²) in [4.78, 5) is 21.8. The van der Waals surface area contributed by atoms with Gasteiger partial charge in [-0.3, -0.25) is 9.59 Å². The predicted octanol–water partition coefficient (Wildman–Crippen LogP) is 3.37. The number of alkyl halides is 2. The van der Waals surface area contributed by atoms with Crippen LogP contribution < -0.4 is 0 Å². The van der Waals surface area contributed by atoms with Gasteiger partial charge >= 0.3 is 11.9 Å². The van der Waals surface area contributed by atoms with Gasteiger partial charge in [0, 0.05) is 0 Å². The highest BCUT2D eigenvalue weighted by molar-refractivity contribution is 5.98. The number of rotatable bonds is 6. The molecule has 0 aliphatic carbocycles. The topological polar surface area (TPSA) is 74.6 Å². The van der Waals surface area contributed by atoms with Gasteiger partial charge in [0.05, 0.1) is 0 Å². The van der Waals surface area contributed by atoms with Gasteiger partial charge in [-0.1, -0.05) is 43.7 Å². The van der Waals surface area contributed by atoms with Gasteiger partial charge in [-0.05, 0) is 25.3 Å². The Hall–Kier alpha value is -1.98. The fraction of sp³-hybridized carbons (Fsp3) is 0.467. The molecule has 4 nitrogen and oxygen atoms in total. The maximum Gasteiger partial charge on any atom is 0.327 e. The lowest BCUT2D eigenvalue weighted by atomic mass is 9.82. The number of halogens is 2. The van der Waals surface area contributed by atoms with Crippen LogP contribution >= 0.6 is 0 Å². The third-order valence-electron chi connectivity index (χ3n) is 3.06. The maximum absolute atomic E-state index is 12.9. The number of aliphatic carboxylic acids is 2. The van der Waals surface area contributed by atoms with E-state index in [1.165, 1.54) is 0 Å². The molecule has 1 aromatic rings. The molecule has 0 amide bonds. The lowest BCUT2D eigenvalue weighted by molar-refractivity contribution is -0.177. The molecular weight excluding hydrogens is 282 g/mol. The lowest BCUT2D eigenvalue weighted by Gasteiger charge is -2.23. The van der Waals surface area contributed by atoms with Gasteiger partial charge in [0.1, 0.15) is 0 Å². The van der Waals surface area contributed by atoms with E-state index in [-0.39, 0.29) is 6.42 Å². The first-order valence-electron chi connectivity index (χ1n) is 6.61. The molecule has 0 aliphatic heterocycles. The van der Waals surface area contributed by atoms with E-state index in [1.54, 1.807) is 24.3 Å². The fourth-order valence-electron chi connectivity index (χ4n) is 1.70. The van der Waals surface area contributed by atoms with Crippen LogP contribution in [0.1, 0.15) is 31.4 Å². The number of hydrogen-bond donors (Lipinski definition) is 2. The van der Waals surface area contributed by atoms with E-state index in [0.29, 0.717) is 5.56 Å². The zero-order chi connectivity index (χ0) is 16.6. The van der Waals surface area contributed by atoms with Crippen LogP contribution in [0.5, 0.6) is 0 Å². The van der Waals surface area contributed by atoms with Crippen LogP contribution in [0.4, 0.5) is 8.78 Å². The molecule has 0 fully saturated rings. The Labute approximate surface area is 122 Å². The Kier molecular flexibility index (Phi) is 7.55. The van der Waals surface area contributed by atoms with Crippen molar-refractivity contribution in [3.63, 3.8) is 0 Å². The van der Waals surface area contributed by atoms with E-state index in [4.69, 9.17) is 10.2 Å². The molecule has 2 N–H and O–H groups in total. The summed E-state index contributed by atoms with van der Waals surface area (Å²) in [5.41, 5.74) is -1.45. The van der Waals surface area contributed by atoms with Crippen LogP contribution in [0.2, 0.25) is 0 Å². The van der Waals surface area contributed by atoms with Crippen molar-refractivity contribution in [3.05, 3.63) is 35.4 Å². The highest BCUT2D eigenvalue weighted by Gasteiger charge is 2.54. The molecule has 0 aliphatic rings. The molecule has 21 heavy (non-hydrogen) atoms. The first-order valence-corrected chi connectivity index (χ1v) is 6.61. The van der Waals surface area contributed by atoms with Crippen LogP contribution in [-0.4, -0.2) is 28.6 Å². The van der Waals surface area contributed by atoms with E-state index in [0.717, 1.165) is 5.56 Å². The summed E-state index contributed by atoms with van der Waals surface area (Å²) in [5, 5.41) is 17.7. The first-order chi connectivity index (χ1) is 9.80. The highest BCUT2D eigenvalue weighted by Crippen LogP contribution is 2.32. The summed E-state index contributed by atoms with van der Waals surface area (Å²) in [6.07, 6.45) is -4.16. The van der Waals surface area contributed by atoms with Crippen molar-refractivity contribution in [1.82, 2.24) is 0 Å². The first kappa shape index (κ1) is 19.0. The summed E-state index contributed by atoms with van der Waals surface area (Å²) in [6, 6.07) is 6.83. The number of benzene rings is 1. The molecule has 118 valence electrons. The third-order valence-corrected chi connectivity index (χ3v) is 3.06. The zero-order valence-corrected chi connectivity index (χ0v) is 12.3. The summed E-state index contributed by atoms with van der Waals surface area (Å²) in [6.45, 7) is 5.85. The number of carboxylic acids is 2. The monoisotopic (exact) mass is 302 g/mol. The summed E-state index contributed by atoms with van der Waals surface area (Å²) in [5.74, 6) is -4.02.